The second-order valence-electron chi connectivity index (χ2n) is 5.74. The van der Waals surface area contributed by atoms with E-state index in [2.05, 4.69) is 15.1 Å². The average molecular weight is 281 g/mol. The lowest BCUT2D eigenvalue weighted by Gasteiger charge is -2.49. The number of piperazine rings is 1. The molecule has 2 saturated heterocycles. The summed E-state index contributed by atoms with van der Waals surface area (Å²) < 4.78 is 27.0. The van der Waals surface area contributed by atoms with Gasteiger partial charge in [-0.1, -0.05) is 0 Å². The number of benzene rings is 1. The van der Waals surface area contributed by atoms with Gasteiger partial charge in [-0.2, -0.15) is 0 Å². The largest absolute Gasteiger partial charge is 0.314 e. The molecule has 5 heteroatoms. The molecule has 0 amide bonds. The van der Waals surface area contributed by atoms with Crippen molar-refractivity contribution in [3.8, 4) is 0 Å². The lowest BCUT2D eigenvalue weighted by molar-refractivity contribution is 0.00260. The maximum atomic E-state index is 13.8. The zero-order valence-electron chi connectivity index (χ0n) is 11.8. The van der Waals surface area contributed by atoms with Gasteiger partial charge in [-0.3, -0.25) is 9.80 Å². The normalized spacial score (nSPS) is 23.6. The van der Waals surface area contributed by atoms with Gasteiger partial charge < -0.3 is 5.32 Å². The van der Waals surface area contributed by atoms with Gasteiger partial charge in [-0.15, -0.1) is 0 Å². The summed E-state index contributed by atoms with van der Waals surface area (Å²) in [5, 5.41) is 3.34. The Morgan fingerprint density at radius 3 is 2.60 bits per heavy atom. The first-order valence-corrected chi connectivity index (χ1v) is 7.29. The van der Waals surface area contributed by atoms with E-state index in [4.69, 9.17) is 0 Å². The van der Waals surface area contributed by atoms with Gasteiger partial charge in [0.15, 0.2) is 0 Å². The van der Waals surface area contributed by atoms with Gasteiger partial charge in [0.25, 0.3) is 0 Å². The Hall–Kier alpha value is -1.04. The van der Waals surface area contributed by atoms with Gasteiger partial charge in [0.2, 0.25) is 0 Å². The van der Waals surface area contributed by atoms with E-state index < -0.39 is 0 Å². The molecule has 20 heavy (non-hydrogen) atoms. The second kappa shape index (κ2) is 5.76. The van der Waals surface area contributed by atoms with Crippen LogP contribution in [0.3, 0.4) is 0 Å². The summed E-state index contributed by atoms with van der Waals surface area (Å²) in [6.07, 6.45) is 0. The highest BCUT2D eigenvalue weighted by atomic mass is 19.1. The van der Waals surface area contributed by atoms with Crippen LogP contribution < -0.4 is 5.32 Å². The van der Waals surface area contributed by atoms with Crippen LogP contribution in [0.1, 0.15) is 18.5 Å². The molecule has 110 valence electrons. The first-order chi connectivity index (χ1) is 9.65. The molecule has 0 aromatic heterocycles. The lowest BCUT2D eigenvalue weighted by atomic mass is 9.98. The predicted octanol–water partition coefficient (Wildman–Crippen LogP) is 1.62. The lowest BCUT2D eigenvalue weighted by Crippen LogP contribution is -2.62. The van der Waals surface area contributed by atoms with Gasteiger partial charge >= 0.3 is 0 Å². The first kappa shape index (κ1) is 13.9. The summed E-state index contributed by atoms with van der Waals surface area (Å²) in [6.45, 7) is 8.09. The topological polar surface area (TPSA) is 18.5 Å². The molecule has 0 radical (unpaired) electrons. The van der Waals surface area contributed by atoms with Crippen molar-refractivity contribution in [3.63, 3.8) is 0 Å². The van der Waals surface area contributed by atoms with E-state index in [0.29, 0.717) is 11.6 Å². The monoisotopic (exact) mass is 281 g/mol. The zero-order valence-corrected chi connectivity index (χ0v) is 11.8. The third-order valence-electron chi connectivity index (χ3n) is 4.51. The summed E-state index contributed by atoms with van der Waals surface area (Å²) >= 11 is 0. The molecule has 2 aliphatic rings. The van der Waals surface area contributed by atoms with Crippen molar-refractivity contribution >= 4 is 0 Å². The molecule has 0 aliphatic carbocycles. The van der Waals surface area contributed by atoms with Crippen LogP contribution >= 0.6 is 0 Å². The molecular weight excluding hydrogens is 260 g/mol. The van der Waals surface area contributed by atoms with Crippen molar-refractivity contribution in [2.45, 2.75) is 19.0 Å². The first-order valence-electron chi connectivity index (χ1n) is 7.29. The number of halogens is 2. The zero-order chi connectivity index (χ0) is 14.1. The summed E-state index contributed by atoms with van der Waals surface area (Å²) in [5.41, 5.74) is 0.462. The Kier molecular flexibility index (Phi) is 4.01. The van der Waals surface area contributed by atoms with E-state index in [1.54, 1.807) is 0 Å². The Labute approximate surface area is 118 Å². The van der Waals surface area contributed by atoms with Crippen molar-refractivity contribution < 1.29 is 8.78 Å². The van der Waals surface area contributed by atoms with Crippen LogP contribution in [0.4, 0.5) is 8.78 Å². The van der Waals surface area contributed by atoms with Crippen LogP contribution in [0, 0.1) is 11.6 Å². The number of likely N-dealkylation sites (tertiary alicyclic amines) is 1. The molecule has 2 heterocycles. The standard InChI is InChI=1S/C15H21F2N3/c1-11(14-8-12(16)2-3-15(14)17)20-9-13(10-20)19-6-4-18-5-7-19/h2-3,8,11,13,18H,4-7,9-10H2,1H3. The maximum Gasteiger partial charge on any atom is 0.128 e. The van der Waals surface area contributed by atoms with Crippen LogP contribution in [0.5, 0.6) is 0 Å². The van der Waals surface area contributed by atoms with E-state index in [1.165, 1.54) is 18.2 Å². The molecular formula is C15H21F2N3. The van der Waals surface area contributed by atoms with Crippen molar-refractivity contribution in [3.05, 3.63) is 35.4 Å². The Balaban J connectivity index is 1.60. The molecule has 0 saturated carbocycles. The molecule has 1 unspecified atom stereocenters. The maximum absolute atomic E-state index is 13.8. The second-order valence-corrected chi connectivity index (χ2v) is 5.74. The summed E-state index contributed by atoms with van der Waals surface area (Å²) in [5.74, 6) is -0.683. The van der Waals surface area contributed by atoms with Crippen molar-refractivity contribution in [1.29, 1.82) is 0 Å². The minimum atomic E-state index is -0.368. The van der Waals surface area contributed by atoms with Crippen LogP contribution in [0.25, 0.3) is 0 Å². The smallest absolute Gasteiger partial charge is 0.128 e. The molecule has 1 aromatic rings. The number of nitrogens with one attached hydrogen (secondary N) is 1. The number of rotatable bonds is 3. The molecule has 2 fully saturated rings. The van der Waals surface area contributed by atoms with Crippen LogP contribution in [0.15, 0.2) is 18.2 Å². The Morgan fingerprint density at radius 1 is 1.20 bits per heavy atom. The van der Waals surface area contributed by atoms with Gasteiger partial charge in [0.1, 0.15) is 11.6 Å². The third-order valence-corrected chi connectivity index (χ3v) is 4.51. The van der Waals surface area contributed by atoms with Gasteiger partial charge in [0, 0.05) is 56.9 Å². The molecule has 1 N–H and O–H groups in total. The van der Waals surface area contributed by atoms with E-state index in [1.807, 2.05) is 6.92 Å². The predicted molar refractivity (Wildman–Crippen MR) is 74.6 cm³/mol. The van der Waals surface area contributed by atoms with E-state index in [0.717, 1.165) is 39.3 Å². The minimum Gasteiger partial charge on any atom is -0.314 e. The molecule has 3 nitrogen and oxygen atoms in total. The van der Waals surface area contributed by atoms with Crippen molar-refractivity contribution in [1.82, 2.24) is 15.1 Å². The third kappa shape index (κ3) is 2.71. The van der Waals surface area contributed by atoms with E-state index >= 15 is 0 Å². The molecule has 3 rings (SSSR count). The fourth-order valence-electron chi connectivity index (χ4n) is 3.11. The van der Waals surface area contributed by atoms with Gasteiger partial charge in [-0.05, 0) is 25.1 Å². The summed E-state index contributed by atoms with van der Waals surface area (Å²) in [6, 6.07) is 4.21. The Morgan fingerprint density at radius 2 is 1.90 bits per heavy atom. The summed E-state index contributed by atoms with van der Waals surface area (Å²) in [7, 11) is 0. The van der Waals surface area contributed by atoms with Gasteiger partial charge in [0.05, 0.1) is 0 Å². The van der Waals surface area contributed by atoms with E-state index in [9.17, 15) is 8.78 Å². The van der Waals surface area contributed by atoms with Crippen LogP contribution in [-0.4, -0.2) is 55.1 Å². The highest BCUT2D eigenvalue weighted by Gasteiger charge is 2.35. The molecule has 2 aliphatic heterocycles. The van der Waals surface area contributed by atoms with Crippen molar-refractivity contribution in [2.24, 2.45) is 0 Å². The molecule has 1 atom stereocenters. The Bertz CT molecular complexity index is 468. The van der Waals surface area contributed by atoms with Gasteiger partial charge in [-0.25, -0.2) is 8.78 Å². The van der Waals surface area contributed by atoms with Crippen molar-refractivity contribution in [2.75, 3.05) is 39.3 Å². The number of hydrogen-bond acceptors (Lipinski definition) is 3. The molecule has 1 aromatic carbocycles. The average Bonchev–Trinajstić information content (AvgIpc) is 2.41. The molecule has 0 bridgehead atoms. The van der Waals surface area contributed by atoms with E-state index in [-0.39, 0.29) is 17.7 Å². The fourth-order valence-corrected chi connectivity index (χ4v) is 3.11. The fraction of sp³-hybridized carbons (Fsp3) is 0.600. The van der Waals surface area contributed by atoms with Crippen LogP contribution in [0.2, 0.25) is 0 Å². The highest BCUT2D eigenvalue weighted by molar-refractivity contribution is 5.22. The number of nitrogens with zero attached hydrogens (tertiary/aromatic N) is 2. The molecule has 0 spiro atoms. The summed E-state index contributed by atoms with van der Waals surface area (Å²) in [4.78, 5) is 4.70. The number of hydrogen-bond donors (Lipinski definition) is 1. The quantitative estimate of drug-likeness (QED) is 0.908. The minimum absolute atomic E-state index is 0.0649. The van der Waals surface area contributed by atoms with Crippen LogP contribution in [-0.2, 0) is 0 Å². The SMILES string of the molecule is CC(c1cc(F)ccc1F)N1CC(N2CCNCC2)C1. The highest BCUT2D eigenvalue weighted by Crippen LogP contribution is 2.29.